The molecule has 2 N–H and O–H groups in total. The molecule has 0 heterocycles. The molecule has 0 spiro atoms. The van der Waals surface area contributed by atoms with Gasteiger partial charge in [-0.25, -0.2) is 0 Å². The molecule has 0 saturated heterocycles. The molecule has 1 rings (SSSR count). The van der Waals surface area contributed by atoms with Crippen molar-refractivity contribution in [3.63, 3.8) is 0 Å². The fourth-order valence-corrected chi connectivity index (χ4v) is 3.67. The van der Waals surface area contributed by atoms with Crippen molar-refractivity contribution in [1.29, 1.82) is 0 Å². The zero-order valence-electron chi connectivity index (χ0n) is 12.9. The second-order valence-electron chi connectivity index (χ2n) is 5.36. The third kappa shape index (κ3) is 5.65. The summed E-state index contributed by atoms with van der Waals surface area (Å²) in [4.78, 5) is 0. The Balaban J connectivity index is 2.35. The van der Waals surface area contributed by atoms with Crippen LogP contribution in [0.4, 0.5) is 0 Å². The summed E-state index contributed by atoms with van der Waals surface area (Å²) in [6, 6.07) is -0.0920. The van der Waals surface area contributed by atoms with E-state index >= 15 is 0 Å². The molecule has 1 saturated carbocycles. The summed E-state index contributed by atoms with van der Waals surface area (Å²) in [5, 5.41) is 3.27. The van der Waals surface area contributed by atoms with Gasteiger partial charge in [0.25, 0.3) is 10.2 Å². The molecule has 1 fully saturated rings. The number of nitrogens with zero attached hydrogens (tertiary/aromatic N) is 1. The van der Waals surface area contributed by atoms with Gasteiger partial charge in [-0.3, -0.25) is 0 Å². The van der Waals surface area contributed by atoms with Crippen LogP contribution in [-0.2, 0) is 14.9 Å². The van der Waals surface area contributed by atoms with Gasteiger partial charge in [0.15, 0.2) is 0 Å². The van der Waals surface area contributed by atoms with Gasteiger partial charge in [-0.05, 0) is 45.2 Å². The van der Waals surface area contributed by atoms with Gasteiger partial charge < -0.3 is 10.1 Å². The predicted octanol–water partition coefficient (Wildman–Crippen LogP) is 0.710. The van der Waals surface area contributed by atoms with E-state index in [1.807, 2.05) is 0 Å². The van der Waals surface area contributed by atoms with E-state index in [0.717, 1.165) is 45.2 Å². The molecule has 0 aromatic rings. The van der Waals surface area contributed by atoms with Gasteiger partial charge in [0.1, 0.15) is 0 Å². The van der Waals surface area contributed by atoms with Crippen molar-refractivity contribution in [2.45, 2.75) is 51.2 Å². The van der Waals surface area contributed by atoms with E-state index in [1.54, 1.807) is 14.2 Å². The molecule has 0 aliphatic heterocycles. The predicted molar refractivity (Wildman–Crippen MR) is 80.9 cm³/mol. The van der Waals surface area contributed by atoms with E-state index in [0.29, 0.717) is 6.54 Å². The first-order chi connectivity index (χ1) is 9.51. The lowest BCUT2D eigenvalue weighted by atomic mass is 10.2. The first-order valence-electron chi connectivity index (χ1n) is 7.48. The van der Waals surface area contributed by atoms with Gasteiger partial charge in [-0.1, -0.05) is 6.92 Å². The highest BCUT2D eigenvalue weighted by Gasteiger charge is 2.31. The Bertz CT molecular complexity index is 362. The highest BCUT2D eigenvalue weighted by atomic mass is 32.2. The molecule has 1 aliphatic rings. The third-order valence-corrected chi connectivity index (χ3v) is 5.32. The quantitative estimate of drug-likeness (QED) is 0.583. The van der Waals surface area contributed by atoms with Crippen molar-refractivity contribution in [2.24, 2.45) is 0 Å². The SMILES string of the molecule is CCCNCCCN(C)S(=O)(=O)NC1CCCC1OC. The molecule has 6 nitrogen and oxygen atoms in total. The molecule has 1 aliphatic carbocycles. The number of rotatable bonds is 10. The molecular formula is C13H29N3O3S. The molecule has 0 radical (unpaired) electrons. The van der Waals surface area contributed by atoms with Crippen molar-refractivity contribution >= 4 is 10.2 Å². The van der Waals surface area contributed by atoms with Crippen LogP contribution in [0.3, 0.4) is 0 Å². The highest BCUT2D eigenvalue weighted by molar-refractivity contribution is 7.87. The Morgan fingerprint density at radius 2 is 2.05 bits per heavy atom. The van der Waals surface area contributed by atoms with Gasteiger partial charge in [-0.2, -0.15) is 17.4 Å². The first kappa shape index (κ1) is 17.8. The molecule has 120 valence electrons. The van der Waals surface area contributed by atoms with Crippen molar-refractivity contribution < 1.29 is 13.2 Å². The number of hydrogen-bond donors (Lipinski definition) is 2. The summed E-state index contributed by atoms with van der Waals surface area (Å²) < 4.78 is 33.9. The molecule has 0 aromatic carbocycles. The Morgan fingerprint density at radius 3 is 2.70 bits per heavy atom. The number of methoxy groups -OCH3 is 1. The summed E-state index contributed by atoms with van der Waals surface area (Å²) in [6.45, 7) is 4.46. The van der Waals surface area contributed by atoms with Crippen molar-refractivity contribution in [2.75, 3.05) is 33.8 Å². The molecule has 2 atom stereocenters. The number of hydrogen-bond acceptors (Lipinski definition) is 4. The second-order valence-corrected chi connectivity index (χ2v) is 7.17. The Labute approximate surface area is 123 Å². The molecule has 0 amide bonds. The zero-order chi connectivity index (χ0) is 15.0. The van der Waals surface area contributed by atoms with Gasteiger partial charge in [0.05, 0.1) is 6.10 Å². The van der Waals surface area contributed by atoms with Crippen molar-refractivity contribution in [3.8, 4) is 0 Å². The van der Waals surface area contributed by atoms with Crippen LogP contribution in [0, 0.1) is 0 Å². The summed E-state index contributed by atoms with van der Waals surface area (Å²) >= 11 is 0. The molecule has 20 heavy (non-hydrogen) atoms. The summed E-state index contributed by atoms with van der Waals surface area (Å²) in [5.74, 6) is 0. The normalized spacial score (nSPS) is 23.6. The van der Waals surface area contributed by atoms with Crippen LogP contribution in [-0.4, -0.2) is 58.7 Å². The maximum atomic E-state index is 12.2. The lowest BCUT2D eigenvalue weighted by Gasteiger charge is -2.24. The average molecular weight is 307 g/mol. The topological polar surface area (TPSA) is 70.7 Å². The summed E-state index contributed by atoms with van der Waals surface area (Å²) in [7, 11) is -0.141. The molecule has 0 aromatic heterocycles. The van der Waals surface area contributed by atoms with Crippen LogP contribution in [0.5, 0.6) is 0 Å². The van der Waals surface area contributed by atoms with E-state index in [2.05, 4.69) is 17.0 Å². The van der Waals surface area contributed by atoms with E-state index in [1.165, 1.54) is 4.31 Å². The second kappa shape index (κ2) is 8.94. The van der Waals surface area contributed by atoms with Crippen LogP contribution in [0.1, 0.15) is 39.0 Å². The monoisotopic (exact) mass is 307 g/mol. The fourth-order valence-electron chi connectivity index (χ4n) is 2.47. The number of nitrogens with one attached hydrogen (secondary N) is 2. The minimum atomic E-state index is -3.40. The van der Waals surface area contributed by atoms with Gasteiger partial charge in [0, 0.05) is 26.7 Å². The fraction of sp³-hybridized carbons (Fsp3) is 1.00. The van der Waals surface area contributed by atoms with E-state index in [4.69, 9.17) is 4.74 Å². The van der Waals surface area contributed by atoms with E-state index in [-0.39, 0.29) is 12.1 Å². The Kier molecular flexibility index (Phi) is 7.98. The lowest BCUT2D eigenvalue weighted by molar-refractivity contribution is 0.0911. The highest BCUT2D eigenvalue weighted by Crippen LogP contribution is 2.22. The largest absolute Gasteiger partial charge is 0.380 e. The van der Waals surface area contributed by atoms with Gasteiger partial charge in [-0.15, -0.1) is 0 Å². The summed E-state index contributed by atoms with van der Waals surface area (Å²) in [6.07, 6.45) is 4.70. The Morgan fingerprint density at radius 1 is 1.30 bits per heavy atom. The van der Waals surface area contributed by atoms with E-state index in [9.17, 15) is 8.42 Å². The Hall–Kier alpha value is -0.210. The number of ether oxygens (including phenoxy) is 1. The molecule has 0 bridgehead atoms. The zero-order valence-corrected chi connectivity index (χ0v) is 13.7. The van der Waals surface area contributed by atoms with Crippen LogP contribution in [0.2, 0.25) is 0 Å². The molecule has 7 heteroatoms. The minimum Gasteiger partial charge on any atom is -0.380 e. The molecule has 2 unspecified atom stereocenters. The lowest BCUT2D eigenvalue weighted by Crippen LogP contribution is -2.47. The van der Waals surface area contributed by atoms with Gasteiger partial charge >= 0.3 is 0 Å². The van der Waals surface area contributed by atoms with Crippen LogP contribution >= 0.6 is 0 Å². The molecular weight excluding hydrogens is 278 g/mol. The maximum Gasteiger partial charge on any atom is 0.279 e. The van der Waals surface area contributed by atoms with Crippen LogP contribution < -0.4 is 10.0 Å². The van der Waals surface area contributed by atoms with Crippen LogP contribution in [0.25, 0.3) is 0 Å². The maximum absolute atomic E-state index is 12.2. The van der Waals surface area contributed by atoms with Crippen molar-refractivity contribution in [1.82, 2.24) is 14.3 Å². The van der Waals surface area contributed by atoms with E-state index < -0.39 is 10.2 Å². The van der Waals surface area contributed by atoms with Crippen LogP contribution in [0.15, 0.2) is 0 Å². The first-order valence-corrected chi connectivity index (χ1v) is 8.92. The third-order valence-electron chi connectivity index (χ3n) is 3.72. The standard InChI is InChI=1S/C13H29N3O3S/c1-4-9-14-10-6-11-16(2)20(17,18)15-12-7-5-8-13(12)19-3/h12-15H,4-11H2,1-3H3. The minimum absolute atomic E-state index is 0.00407. The van der Waals surface area contributed by atoms with Crippen molar-refractivity contribution in [3.05, 3.63) is 0 Å². The smallest absolute Gasteiger partial charge is 0.279 e. The van der Waals surface area contributed by atoms with Gasteiger partial charge in [0.2, 0.25) is 0 Å². The average Bonchev–Trinajstić information content (AvgIpc) is 2.84. The summed E-state index contributed by atoms with van der Waals surface area (Å²) in [5.41, 5.74) is 0.